The molecule has 1 N–H and O–H groups in total. The fraction of sp³-hybridized carbons (Fsp3) is 0.316. The molecule has 3 rings (SSSR count). The first-order chi connectivity index (χ1) is 13.8. The first-order valence-corrected chi connectivity index (χ1v) is 10.4. The van der Waals surface area contributed by atoms with Crippen LogP contribution in [-0.2, 0) is 16.4 Å². The van der Waals surface area contributed by atoms with Crippen molar-refractivity contribution in [2.75, 3.05) is 32.7 Å². The Morgan fingerprint density at radius 2 is 1.55 bits per heavy atom. The topological polar surface area (TPSA) is 69.7 Å². The van der Waals surface area contributed by atoms with E-state index in [2.05, 4.69) is 5.32 Å². The van der Waals surface area contributed by atoms with Gasteiger partial charge in [0.15, 0.2) is 0 Å². The van der Waals surface area contributed by atoms with E-state index >= 15 is 0 Å². The van der Waals surface area contributed by atoms with E-state index in [0.717, 1.165) is 22.0 Å². The Hall–Kier alpha value is -2.59. The van der Waals surface area contributed by atoms with E-state index < -0.39 is 26.6 Å². The van der Waals surface area contributed by atoms with Crippen molar-refractivity contribution in [1.82, 2.24) is 14.5 Å². The molecule has 0 aliphatic carbocycles. The molecule has 1 saturated heterocycles. The Morgan fingerprint density at radius 3 is 2.21 bits per heavy atom. The third-order valence-electron chi connectivity index (χ3n) is 4.64. The van der Waals surface area contributed by atoms with Gasteiger partial charge in [-0.25, -0.2) is 26.4 Å². The summed E-state index contributed by atoms with van der Waals surface area (Å²) in [4.78, 5) is 13.0. The summed E-state index contributed by atoms with van der Waals surface area (Å²) in [5.41, 5.74) is 0.875. The van der Waals surface area contributed by atoms with Gasteiger partial charge in [-0.05, 0) is 42.3 Å². The van der Waals surface area contributed by atoms with Crippen LogP contribution in [-0.4, -0.2) is 56.4 Å². The maximum Gasteiger partial charge on any atom is 0.317 e. The van der Waals surface area contributed by atoms with Crippen LogP contribution in [0.5, 0.6) is 0 Å². The fourth-order valence-electron chi connectivity index (χ4n) is 3.02. The molecule has 2 amide bonds. The highest BCUT2D eigenvalue weighted by Crippen LogP contribution is 2.21. The molecule has 156 valence electrons. The predicted octanol–water partition coefficient (Wildman–Crippen LogP) is 2.36. The molecule has 1 fully saturated rings. The van der Waals surface area contributed by atoms with Gasteiger partial charge in [-0.2, -0.15) is 4.31 Å². The molecule has 0 unspecified atom stereocenters. The number of sulfonamides is 1. The lowest BCUT2D eigenvalue weighted by atomic mass is 10.1. The molecule has 0 saturated carbocycles. The zero-order chi connectivity index (χ0) is 21.0. The third kappa shape index (κ3) is 5.07. The SMILES string of the molecule is O=C(NCCc1ccc(F)cc1)N1CCN(S(=O)(=O)c2cc(F)ccc2F)CC1. The minimum atomic E-state index is -4.19. The summed E-state index contributed by atoms with van der Waals surface area (Å²) < 4.78 is 66.2. The second-order valence-corrected chi connectivity index (χ2v) is 8.48. The number of hydrogen-bond donors (Lipinski definition) is 1. The first-order valence-electron chi connectivity index (χ1n) is 9.00. The lowest BCUT2D eigenvalue weighted by molar-refractivity contribution is 0.172. The van der Waals surface area contributed by atoms with Crippen LogP contribution in [0, 0.1) is 17.5 Å². The van der Waals surface area contributed by atoms with Crippen molar-refractivity contribution in [3.8, 4) is 0 Å². The van der Waals surface area contributed by atoms with Gasteiger partial charge in [0.25, 0.3) is 0 Å². The molecule has 2 aromatic carbocycles. The zero-order valence-electron chi connectivity index (χ0n) is 15.4. The van der Waals surface area contributed by atoms with Gasteiger partial charge in [-0.15, -0.1) is 0 Å². The average Bonchev–Trinajstić information content (AvgIpc) is 2.71. The van der Waals surface area contributed by atoms with Gasteiger partial charge in [0.2, 0.25) is 10.0 Å². The largest absolute Gasteiger partial charge is 0.338 e. The van der Waals surface area contributed by atoms with Crippen molar-refractivity contribution in [2.24, 2.45) is 0 Å². The number of amides is 2. The zero-order valence-corrected chi connectivity index (χ0v) is 16.3. The fourth-order valence-corrected chi connectivity index (χ4v) is 4.52. The van der Waals surface area contributed by atoms with Crippen molar-refractivity contribution < 1.29 is 26.4 Å². The maximum absolute atomic E-state index is 13.9. The van der Waals surface area contributed by atoms with Gasteiger partial charge in [-0.1, -0.05) is 12.1 Å². The highest BCUT2D eigenvalue weighted by molar-refractivity contribution is 7.89. The summed E-state index contributed by atoms with van der Waals surface area (Å²) in [6, 6.07) is 7.89. The number of hydrogen-bond acceptors (Lipinski definition) is 3. The second-order valence-electron chi connectivity index (χ2n) is 6.57. The Kier molecular flexibility index (Phi) is 6.43. The highest BCUT2D eigenvalue weighted by atomic mass is 32.2. The summed E-state index contributed by atoms with van der Waals surface area (Å²) in [6.07, 6.45) is 0.527. The quantitative estimate of drug-likeness (QED) is 0.797. The lowest BCUT2D eigenvalue weighted by Gasteiger charge is -2.34. The molecule has 0 radical (unpaired) electrons. The number of carbonyl (C=O) groups is 1. The Balaban J connectivity index is 1.52. The molecule has 10 heteroatoms. The van der Waals surface area contributed by atoms with Gasteiger partial charge >= 0.3 is 6.03 Å². The summed E-state index contributed by atoms with van der Waals surface area (Å²) in [5, 5.41) is 2.73. The van der Waals surface area contributed by atoms with Crippen molar-refractivity contribution in [1.29, 1.82) is 0 Å². The van der Waals surface area contributed by atoms with Gasteiger partial charge in [-0.3, -0.25) is 0 Å². The van der Waals surface area contributed by atoms with Gasteiger partial charge in [0, 0.05) is 32.7 Å². The third-order valence-corrected chi connectivity index (χ3v) is 6.55. The van der Waals surface area contributed by atoms with E-state index in [1.807, 2.05) is 0 Å². The summed E-state index contributed by atoms with van der Waals surface area (Å²) in [6.45, 7) is 0.544. The number of nitrogens with zero attached hydrogens (tertiary/aromatic N) is 2. The van der Waals surface area contributed by atoms with Crippen LogP contribution in [0.2, 0.25) is 0 Å². The van der Waals surface area contributed by atoms with Gasteiger partial charge in [0.1, 0.15) is 22.3 Å². The predicted molar refractivity (Wildman–Crippen MR) is 100 cm³/mol. The molecule has 0 spiro atoms. The van der Waals surface area contributed by atoms with E-state index in [9.17, 15) is 26.4 Å². The molecule has 6 nitrogen and oxygen atoms in total. The first kappa shape index (κ1) is 21.1. The Morgan fingerprint density at radius 1 is 0.931 bits per heavy atom. The van der Waals surface area contributed by atoms with Crippen molar-refractivity contribution >= 4 is 16.1 Å². The number of rotatable bonds is 5. The Bertz CT molecular complexity index is 976. The average molecular weight is 427 g/mol. The monoisotopic (exact) mass is 427 g/mol. The minimum absolute atomic E-state index is 0.0241. The molecule has 0 bridgehead atoms. The van der Waals surface area contributed by atoms with Crippen LogP contribution in [0.1, 0.15) is 5.56 Å². The summed E-state index contributed by atoms with van der Waals surface area (Å²) in [7, 11) is -4.19. The smallest absolute Gasteiger partial charge is 0.317 e. The molecular weight excluding hydrogens is 407 g/mol. The van der Waals surface area contributed by atoms with Crippen LogP contribution >= 0.6 is 0 Å². The second kappa shape index (κ2) is 8.83. The standard InChI is InChI=1S/C19H20F3N3O3S/c20-15-3-1-14(2-4-15)7-8-23-19(26)24-9-11-25(12-10-24)29(27,28)18-13-16(21)5-6-17(18)22/h1-6,13H,7-12H2,(H,23,26). The van der Waals surface area contributed by atoms with Crippen molar-refractivity contribution in [2.45, 2.75) is 11.3 Å². The number of piperazine rings is 1. The Labute approximate surface area is 167 Å². The number of nitrogens with one attached hydrogen (secondary N) is 1. The molecule has 1 aliphatic heterocycles. The molecular formula is C19H20F3N3O3S. The van der Waals surface area contributed by atoms with E-state index in [-0.39, 0.29) is 38.0 Å². The summed E-state index contributed by atoms with van der Waals surface area (Å²) >= 11 is 0. The number of carbonyl (C=O) groups excluding carboxylic acids is 1. The minimum Gasteiger partial charge on any atom is -0.338 e. The van der Waals surface area contributed by atoms with Crippen LogP contribution in [0.25, 0.3) is 0 Å². The van der Waals surface area contributed by atoms with Crippen LogP contribution in [0.3, 0.4) is 0 Å². The van der Waals surface area contributed by atoms with E-state index in [0.29, 0.717) is 19.0 Å². The molecule has 2 aromatic rings. The molecule has 0 atom stereocenters. The molecule has 29 heavy (non-hydrogen) atoms. The van der Waals surface area contributed by atoms with Gasteiger partial charge in [0.05, 0.1) is 0 Å². The van der Waals surface area contributed by atoms with Crippen LogP contribution in [0.4, 0.5) is 18.0 Å². The highest BCUT2D eigenvalue weighted by Gasteiger charge is 2.32. The lowest BCUT2D eigenvalue weighted by Crippen LogP contribution is -2.53. The van der Waals surface area contributed by atoms with E-state index in [1.54, 1.807) is 12.1 Å². The normalized spacial score (nSPS) is 15.3. The number of halogens is 3. The van der Waals surface area contributed by atoms with Crippen molar-refractivity contribution in [3.05, 3.63) is 65.5 Å². The maximum atomic E-state index is 13.9. The number of benzene rings is 2. The number of urea groups is 1. The van der Waals surface area contributed by atoms with Crippen LogP contribution in [0.15, 0.2) is 47.4 Å². The van der Waals surface area contributed by atoms with Gasteiger partial charge < -0.3 is 10.2 Å². The molecule has 1 heterocycles. The molecule has 0 aromatic heterocycles. The summed E-state index contributed by atoms with van der Waals surface area (Å²) in [5.74, 6) is -2.19. The van der Waals surface area contributed by atoms with E-state index in [1.165, 1.54) is 17.0 Å². The molecule has 1 aliphatic rings. The van der Waals surface area contributed by atoms with Crippen LogP contribution < -0.4 is 5.32 Å². The van der Waals surface area contributed by atoms with Crippen molar-refractivity contribution in [3.63, 3.8) is 0 Å². The van der Waals surface area contributed by atoms with E-state index in [4.69, 9.17) is 0 Å².